The van der Waals surface area contributed by atoms with Crippen molar-refractivity contribution in [2.45, 2.75) is 54.9 Å². The first kappa shape index (κ1) is 55.8. The highest BCUT2D eigenvalue weighted by molar-refractivity contribution is 6.15. The van der Waals surface area contributed by atoms with Crippen LogP contribution in [0.25, 0.3) is 132 Å². The molecule has 0 radical (unpaired) electrons. The Bertz CT molecular complexity index is 5870. The maximum Gasteiger partial charge on any atom is 0.134 e. The van der Waals surface area contributed by atoms with Crippen LogP contribution in [0.15, 0.2) is 200 Å². The van der Waals surface area contributed by atoms with Crippen molar-refractivity contribution in [2.75, 3.05) is 0 Å². The highest BCUT2D eigenvalue weighted by atomic mass is 19.1. The third kappa shape index (κ3) is 8.51. The SMILES string of the molecule is Cc1ccc2c(c1)c1cc(C)ccc1n2-c1cc(C#N)cc(-n2c3ccc(C)cc3c3cc(Cc4cc5c6ccc(C)cc6n(-c6cc(C#N)cc(-n7c8cc(C)ccc8c8ccc(C)cc87)c6-c6c(F)cccc6F)c5cc4C)ccc32)c1-c1c(F)cccc1F. The first-order chi connectivity index (χ1) is 44.5. The van der Waals surface area contributed by atoms with E-state index in [-0.39, 0.29) is 11.1 Å². The van der Waals surface area contributed by atoms with Gasteiger partial charge in [-0.1, -0.05) is 89.5 Å². The summed E-state index contributed by atoms with van der Waals surface area (Å²) in [6, 6.07) is 67.8. The number of fused-ring (bicyclic) bond motifs is 12. The van der Waals surface area contributed by atoms with Gasteiger partial charge in [0.2, 0.25) is 0 Å². The largest absolute Gasteiger partial charge is 0.308 e. The molecule has 12 aromatic carbocycles. The van der Waals surface area contributed by atoms with Crippen molar-refractivity contribution in [3.05, 3.63) is 285 Å². The molecule has 92 heavy (non-hydrogen) atoms. The van der Waals surface area contributed by atoms with Gasteiger partial charge in [0, 0.05) is 54.2 Å². The zero-order chi connectivity index (χ0) is 63.3. The Morgan fingerprint density at radius 1 is 0.293 bits per heavy atom. The predicted molar refractivity (Wildman–Crippen MR) is 366 cm³/mol. The Balaban J connectivity index is 0.911. The van der Waals surface area contributed by atoms with E-state index in [1.54, 1.807) is 24.3 Å². The Kier molecular flexibility index (Phi) is 12.6. The first-order valence-electron chi connectivity index (χ1n) is 30.7. The van der Waals surface area contributed by atoms with Crippen molar-refractivity contribution in [3.8, 4) is 57.1 Å². The summed E-state index contributed by atoms with van der Waals surface area (Å²) >= 11 is 0. The average molecular weight is 1200 g/mol. The molecule has 0 aliphatic heterocycles. The van der Waals surface area contributed by atoms with Gasteiger partial charge in [0.1, 0.15) is 23.3 Å². The van der Waals surface area contributed by atoms with Gasteiger partial charge in [-0.3, -0.25) is 0 Å². The van der Waals surface area contributed by atoms with Crippen LogP contribution in [0, 0.1) is 94.4 Å². The van der Waals surface area contributed by atoms with Crippen LogP contribution in [0.4, 0.5) is 17.6 Å². The van der Waals surface area contributed by atoms with E-state index in [1.165, 1.54) is 36.4 Å². The van der Waals surface area contributed by atoms with Crippen molar-refractivity contribution in [3.63, 3.8) is 0 Å². The lowest BCUT2D eigenvalue weighted by Gasteiger charge is -2.22. The van der Waals surface area contributed by atoms with Crippen LogP contribution in [0.1, 0.15) is 61.2 Å². The van der Waals surface area contributed by atoms with E-state index in [1.807, 2.05) is 87.1 Å². The number of hydrogen-bond acceptors (Lipinski definition) is 2. The first-order valence-corrected chi connectivity index (χ1v) is 30.7. The summed E-state index contributed by atoms with van der Waals surface area (Å²) in [5, 5.41) is 29.6. The van der Waals surface area contributed by atoms with Crippen LogP contribution in [0.3, 0.4) is 0 Å². The molecule has 442 valence electrons. The summed E-state index contributed by atoms with van der Waals surface area (Å²) in [7, 11) is 0. The molecule has 16 rings (SSSR count). The maximum absolute atomic E-state index is 17.0. The molecule has 0 saturated carbocycles. The van der Waals surface area contributed by atoms with Gasteiger partial charge in [-0.2, -0.15) is 10.5 Å². The minimum Gasteiger partial charge on any atom is -0.308 e. The number of nitriles is 2. The van der Waals surface area contributed by atoms with Gasteiger partial charge in [0.15, 0.2) is 0 Å². The lowest BCUT2D eigenvalue weighted by atomic mass is 9.96. The molecule has 0 saturated heterocycles. The molecular formula is C82H56F4N6. The fourth-order valence-electron chi connectivity index (χ4n) is 14.6. The Hall–Kier alpha value is -11.5. The Labute approximate surface area is 527 Å². The standard InChI is InChI=1S/C82H56F4N6/c1-44-17-24-67-58(28-44)59-29-45(2)18-25-68(59)89(67)75-37-52(42-87)38-76(81(75)79-63(83)10-8-11-64(79)84)90-69-26-19-46(3)30-60(69)61-36-51(20-27-70(61)90)35-54-41-62-57-23-16-49(6)33-73(57)92(74(62)34-50(54)7)78-40-53(43-88)39-77(82(78)80-65(85)12-9-13-66(80)86)91-71-31-47(4)14-21-55(71)56-22-15-48(5)32-72(56)91/h8-34,36-41H,35H2,1-7H3. The van der Waals surface area contributed by atoms with Gasteiger partial charge in [-0.05, 0) is 216 Å². The summed E-state index contributed by atoms with van der Waals surface area (Å²) < 4.78 is 76.1. The third-order valence-corrected chi connectivity index (χ3v) is 18.8. The molecule has 0 aliphatic rings. The van der Waals surface area contributed by atoms with Gasteiger partial charge < -0.3 is 18.3 Å². The van der Waals surface area contributed by atoms with E-state index < -0.39 is 23.3 Å². The minimum atomic E-state index is -0.737. The molecule has 0 fully saturated rings. The van der Waals surface area contributed by atoms with Crippen molar-refractivity contribution in [1.82, 2.24) is 18.3 Å². The number of rotatable bonds is 8. The molecule has 4 heterocycles. The van der Waals surface area contributed by atoms with Crippen molar-refractivity contribution >= 4 is 87.2 Å². The third-order valence-electron chi connectivity index (χ3n) is 18.8. The molecule has 4 aromatic heterocycles. The van der Waals surface area contributed by atoms with E-state index in [2.05, 4.69) is 131 Å². The molecule has 0 N–H and O–H groups in total. The fraction of sp³-hybridized carbons (Fsp3) is 0.0976. The second-order valence-electron chi connectivity index (χ2n) is 25.0. The smallest absolute Gasteiger partial charge is 0.134 e. The van der Waals surface area contributed by atoms with Crippen molar-refractivity contribution in [1.29, 1.82) is 10.5 Å². The molecular weight excluding hydrogens is 1140 g/mol. The van der Waals surface area contributed by atoms with Crippen LogP contribution in [-0.4, -0.2) is 18.3 Å². The monoisotopic (exact) mass is 1200 g/mol. The number of nitrogens with zero attached hydrogens (tertiary/aromatic N) is 6. The summed E-state index contributed by atoms with van der Waals surface area (Å²) in [6.07, 6.45) is 0.508. The summed E-state index contributed by atoms with van der Waals surface area (Å²) in [5.41, 5.74) is 18.2. The molecule has 0 atom stereocenters. The second kappa shape index (κ2) is 20.8. The van der Waals surface area contributed by atoms with E-state index >= 15 is 17.6 Å². The maximum atomic E-state index is 17.0. The zero-order valence-electron chi connectivity index (χ0n) is 51.5. The summed E-state index contributed by atoms with van der Waals surface area (Å²) in [6.45, 7) is 14.3. The summed E-state index contributed by atoms with van der Waals surface area (Å²) in [5.74, 6) is -2.95. The molecule has 16 aromatic rings. The molecule has 0 unspecified atom stereocenters. The summed E-state index contributed by atoms with van der Waals surface area (Å²) in [4.78, 5) is 0. The number of hydrogen-bond donors (Lipinski definition) is 0. The molecule has 0 aliphatic carbocycles. The van der Waals surface area contributed by atoms with E-state index in [0.29, 0.717) is 51.4 Å². The van der Waals surface area contributed by atoms with Crippen LogP contribution < -0.4 is 0 Å². The Morgan fingerprint density at radius 3 is 0.978 bits per heavy atom. The number of halogens is 4. The lowest BCUT2D eigenvalue weighted by molar-refractivity contribution is 0.588. The number of aromatic nitrogens is 4. The van der Waals surface area contributed by atoms with Gasteiger partial charge in [-0.25, -0.2) is 17.6 Å². The molecule has 0 bridgehead atoms. The lowest BCUT2D eigenvalue weighted by Crippen LogP contribution is -2.07. The fourth-order valence-corrected chi connectivity index (χ4v) is 14.6. The van der Waals surface area contributed by atoms with E-state index in [4.69, 9.17) is 0 Å². The highest BCUT2D eigenvalue weighted by Gasteiger charge is 2.30. The number of benzene rings is 12. The minimum absolute atomic E-state index is 0.206. The van der Waals surface area contributed by atoms with E-state index in [9.17, 15) is 10.5 Å². The van der Waals surface area contributed by atoms with Gasteiger partial charge in [-0.15, -0.1) is 0 Å². The van der Waals surface area contributed by atoms with Gasteiger partial charge >= 0.3 is 0 Å². The molecule has 6 nitrogen and oxygen atoms in total. The average Bonchev–Trinajstić information content (AvgIpc) is 1.53. The van der Waals surface area contributed by atoms with Crippen LogP contribution in [0.5, 0.6) is 0 Å². The van der Waals surface area contributed by atoms with Crippen LogP contribution in [0.2, 0.25) is 0 Å². The molecule has 0 spiro atoms. The van der Waals surface area contributed by atoms with Gasteiger partial charge in [0.05, 0.1) is 101 Å². The van der Waals surface area contributed by atoms with E-state index in [0.717, 1.165) is 137 Å². The van der Waals surface area contributed by atoms with Crippen LogP contribution in [-0.2, 0) is 6.42 Å². The predicted octanol–water partition coefficient (Wildman–Crippen LogP) is 21.5. The zero-order valence-corrected chi connectivity index (χ0v) is 51.5. The van der Waals surface area contributed by atoms with Gasteiger partial charge in [0.25, 0.3) is 0 Å². The topological polar surface area (TPSA) is 67.3 Å². The van der Waals surface area contributed by atoms with Crippen LogP contribution >= 0.6 is 0 Å². The normalized spacial score (nSPS) is 11.9. The highest BCUT2D eigenvalue weighted by Crippen LogP contribution is 2.48. The second-order valence-corrected chi connectivity index (χ2v) is 25.0. The van der Waals surface area contributed by atoms with Crippen molar-refractivity contribution in [2.24, 2.45) is 0 Å². The quantitative estimate of drug-likeness (QED) is 0.142. The molecule has 10 heteroatoms. The number of aryl methyl sites for hydroxylation is 7. The molecule has 0 amide bonds. The Morgan fingerprint density at radius 2 is 0.598 bits per heavy atom. The van der Waals surface area contributed by atoms with Crippen molar-refractivity contribution < 1.29 is 17.6 Å².